The summed E-state index contributed by atoms with van der Waals surface area (Å²) in [6, 6.07) is 21.0. The Morgan fingerprint density at radius 1 is 1.04 bits per heavy atom. The van der Waals surface area contributed by atoms with Crippen LogP contribution in [0.2, 0.25) is 0 Å². The smallest absolute Gasteiger partial charge is 0.748 e. The van der Waals surface area contributed by atoms with Crippen LogP contribution in [0.25, 0.3) is 0 Å². The first-order chi connectivity index (χ1) is 21.9. The number of phenolic OH excluding ortho intramolecular Hbond substituents is 1. The number of aromatic hydroxyl groups is 1. The summed E-state index contributed by atoms with van der Waals surface area (Å²) in [7, 11) is -4.79. The fourth-order valence-corrected chi connectivity index (χ4v) is 8.14. The molecule has 4 heterocycles. The van der Waals surface area contributed by atoms with E-state index < -0.39 is 33.1 Å². The summed E-state index contributed by atoms with van der Waals surface area (Å²) >= 11 is 0. The largest absolute Gasteiger partial charge is 1.00 e. The molecule has 4 bridgehead atoms. The van der Waals surface area contributed by atoms with Crippen LogP contribution in [-0.4, -0.2) is 46.1 Å². The molecule has 12 heteroatoms. The Balaban J connectivity index is 0.00000500. The fraction of sp³-hybridized carbons (Fsp3) is 0.400. The number of aliphatic hydroxyl groups is 2. The van der Waals surface area contributed by atoms with Gasteiger partial charge in [-0.3, -0.25) is 0 Å². The molecule has 6 atom stereocenters. The number of hydrogen-bond donors (Lipinski definition) is 5. The Labute approximate surface area is 298 Å². The van der Waals surface area contributed by atoms with Gasteiger partial charge in [-0.2, -0.15) is 0 Å². The molecule has 10 nitrogen and oxygen atoms in total. The zero-order valence-electron chi connectivity index (χ0n) is 26.8. The molecule has 3 aromatic carbocycles. The maximum atomic E-state index is 13.1. The van der Waals surface area contributed by atoms with Crippen LogP contribution in [-0.2, 0) is 15.8 Å². The second kappa shape index (κ2) is 15.5. The molecule has 47 heavy (non-hydrogen) atoms. The van der Waals surface area contributed by atoms with Crippen molar-refractivity contribution in [3.8, 4) is 11.5 Å². The van der Waals surface area contributed by atoms with Gasteiger partial charge in [-0.05, 0) is 96.4 Å². The summed E-state index contributed by atoms with van der Waals surface area (Å²) in [4.78, 5) is 4.53. The number of nitrogens with two attached hydrogens (primary N) is 2. The average Bonchev–Trinajstić information content (AvgIpc) is 3.04. The normalized spacial score (nSPS) is 24.8. The number of rotatable bonds is 8. The van der Waals surface area contributed by atoms with E-state index in [1.165, 1.54) is 12.1 Å². The minimum Gasteiger partial charge on any atom is -0.748 e. The van der Waals surface area contributed by atoms with Gasteiger partial charge < -0.3 is 36.1 Å². The van der Waals surface area contributed by atoms with E-state index in [1.54, 1.807) is 30.3 Å². The Hall–Kier alpha value is -2.90. The van der Waals surface area contributed by atoms with Gasteiger partial charge in [-0.15, -0.1) is 0 Å². The van der Waals surface area contributed by atoms with Gasteiger partial charge in [0.25, 0.3) is 0 Å². The van der Waals surface area contributed by atoms with Crippen molar-refractivity contribution in [3.63, 3.8) is 0 Å². The van der Waals surface area contributed by atoms with Crippen molar-refractivity contribution in [2.75, 3.05) is 6.61 Å². The SMILES string of the molecule is CCC1CC(S(=O)(=O)[O-])C2C=C(C(O)c3ccc(O)cc3)CCC2c2ccc(cc2)C(CCCO)(N=C(N)N)Oc2ccc1cc2.[Na+]. The van der Waals surface area contributed by atoms with Crippen LogP contribution < -0.4 is 45.8 Å². The minimum absolute atomic E-state index is 0. The van der Waals surface area contributed by atoms with Gasteiger partial charge >= 0.3 is 29.6 Å². The molecule has 0 amide bonds. The number of ether oxygens (including phenoxy) is 1. The minimum atomic E-state index is -4.79. The molecule has 6 unspecified atom stereocenters. The van der Waals surface area contributed by atoms with Crippen molar-refractivity contribution in [2.24, 2.45) is 22.4 Å². The van der Waals surface area contributed by atoms with Gasteiger partial charge in [0.1, 0.15) is 17.6 Å². The summed E-state index contributed by atoms with van der Waals surface area (Å²) in [6.07, 6.45) is 3.10. The van der Waals surface area contributed by atoms with Crippen molar-refractivity contribution in [1.82, 2.24) is 0 Å². The van der Waals surface area contributed by atoms with Gasteiger partial charge in [0.15, 0.2) is 5.96 Å². The first-order valence-electron chi connectivity index (χ1n) is 15.7. The molecule has 0 aromatic heterocycles. The maximum absolute atomic E-state index is 13.1. The molecule has 0 spiro atoms. The van der Waals surface area contributed by atoms with Crippen LogP contribution in [0.5, 0.6) is 11.5 Å². The quantitative estimate of drug-likeness (QED) is 0.0779. The standard InChI is InChI=1S/C35H43N3O7S.Na/c1-2-22-21-32(46(42,43)44)31-20-26(33(41)25-6-13-28(40)14-7-25)10-17-30(31)24-4-11-27(12-5-24)35(18-3-19-39,38-34(36)37)45-29-15-8-23(22)9-16-29;/h4-9,11-16,20,22,30-33,39-41H,2-3,10,17-19,21H2,1H3,(H4,36,37,38)(H,42,43,44);/q;+1/p-1. The molecule has 4 aliphatic heterocycles. The van der Waals surface area contributed by atoms with Crippen molar-refractivity contribution in [3.05, 3.63) is 107 Å². The Kier molecular flexibility index (Phi) is 12.2. The fourth-order valence-electron chi connectivity index (χ4n) is 7.02. The van der Waals surface area contributed by atoms with Crippen LogP contribution in [0.4, 0.5) is 0 Å². The summed E-state index contributed by atoms with van der Waals surface area (Å²) in [5, 5.41) is 29.5. The third-order valence-electron chi connectivity index (χ3n) is 9.40. The van der Waals surface area contributed by atoms with Crippen LogP contribution in [0.3, 0.4) is 0 Å². The number of hydrogen-bond acceptors (Lipinski definition) is 8. The van der Waals surface area contributed by atoms with E-state index in [2.05, 4.69) is 4.99 Å². The molecule has 8 rings (SSSR count). The third-order valence-corrected chi connectivity index (χ3v) is 10.6. The maximum Gasteiger partial charge on any atom is 1.00 e. The summed E-state index contributed by atoms with van der Waals surface area (Å²) < 4.78 is 45.9. The summed E-state index contributed by atoms with van der Waals surface area (Å²) in [5.41, 5.74) is 14.0. The topological polar surface area (TPSA) is 192 Å². The Morgan fingerprint density at radius 3 is 2.26 bits per heavy atom. The molecule has 0 radical (unpaired) electrons. The molecule has 7 N–H and O–H groups in total. The van der Waals surface area contributed by atoms with Crippen LogP contribution in [0, 0.1) is 5.92 Å². The number of aliphatic imine (C=N–C) groups is 1. The van der Waals surface area contributed by atoms with E-state index in [9.17, 15) is 28.3 Å². The molecule has 0 saturated carbocycles. The van der Waals surface area contributed by atoms with Crippen molar-refractivity contribution in [1.29, 1.82) is 0 Å². The van der Waals surface area contributed by atoms with E-state index in [1.807, 2.05) is 43.3 Å². The van der Waals surface area contributed by atoms with Gasteiger partial charge in [0.05, 0.1) is 15.4 Å². The second-order valence-electron chi connectivity index (χ2n) is 12.3. The van der Waals surface area contributed by atoms with E-state index in [0.717, 1.165) is 11.1 Å². The van der Waals surface area contributed by atoms with Gasteiger partial charge in [0.2, 0.25) is 5.72 Å². The predicted molar refractivity (Wildman–Crippen MR) is 175 cm³/mol. The number of aliphatic hydroxyl groups excluding tert-OH is 2. The predicted octanol–water partition coefficient (Wildman–Crippen LogP) is 1.64. The molecule has 3 aromatic rings. The Bertz CT molecular complexity index is 1660. The van der Waals surface area contributed by atoms with Crippen molar-refractivity contribution < 1.29 is 62.6 Å². The van der Waals surface area contributed by atoms with Gasteiger partial charge in [0, 0.05) is 18.6 Å². The number of nitrogens with zero attached hydrogens (tertiary/aromatic N) is 1. The molecule has 1 aliphatic carbocycles. The van der Waals surface area contributed by atoms with E-state index >= 15 is 0 Å². The van der Waals surface area contributed by atoms with Crippen LogP contribution in [0.1, 0.15) is 85.6 Å². The number of allylic oxidation sites excluding steroid dienone is 1. The number of phenols is 1. The van der Waals surface area contributed by atoms with Gasteiger partial charge in [-0.1, -0.05) is 61.5 Å². The third kappa shape index (κ3) is 8.40. The number of guanidine groups is 1. The summed E-state index contributed by atoms with van der Waals surface area (Å²) in [6.45, 7) is 1.86. The number of benzene rings is 3. The first-order valence-corrected chi connectivity index (χ1v) is 17.1. The van der Waals surface area contributed by atoms with E-state index in [4.69, 9.17) is 16.2 Å². The monoisotopic (exact) mass is 671 g/mol. The first kappa shape index (κ1) is 36.9. The summed E-state index contributed by atoms with van der Waals surface area (Å²) in [5.74, 6) is -0.913. The van der Waals surface area contributed by atoms with E-state index in [-0.39, 0.29) is 72.6 Å². The van der Waals surface area contributed by atoms with Crippen LogP contribution in [0.15, 0.2) is 89.4 Å². The average molecular weight is 672 g/mol. The molecular weight excluding hydrogens is 629 g/mol. The van der Waals surface area contributed by atoms with Crippen LogP contribution >= 0.6 is 0 Å². The zero-order chi connectivity index (χ0) is 33.1. The van der Waals surface area contributed by atoms with Crippen molar-refractivity contribution in [2.45, 2.75) is 74.4 Å². The Morgan fingerprint density at radius 2 is 1.68 bits per heavy atom. The molecule has 5 aliphatic rings. The molecule has 246 valence electrons. The zero-order valence-corrected chi connectivity index (χ0v) is 29.6. The van der Waals surface area contributed by atoms with Gasteiger partial charge in [-0.25, -0.2) is 13.4 Å². The molecular formula is C35H42N3NaO7S. The molecule has 0 fully saturated rings. The van der Waals surface area contributed by atoms with Crippen molar-refractivity contribution >= 4 is 16.1 Å². The molecule has 0 saturated heterocycles. The van der Waals surface area contributed by atoms with E-state index in [0.29, 0.717) is 48.1 Å². The second-order valence-corrected chi connectivity index (χ2v) is 13.9.